The largest absolute Gasteiger partial charge is 0.399 e. The lowest BCUT2D eigenvalue weighted by Crippen LogP contribution is -2.45. The van der Waals surface area contributed by atoms with Gasteiger partial charge in [0, 0.05) is 12.2 Å². The molecule has 1 aliphatic carbocycles. The topological polar surface area (TPSA) is 75.3 Å². The van der Waals surface area contributed by atoms with Crippen LogP contribution in [0.25, 0.3) is 0 Å². The molecule has 1 amide bonds. The van der Waals surface area contributed by atoms with E-state index in [9.17, 15) is 14.3 Å². The van der Waals surface area contributed by atoms with Gasteiger partial charge in [0.1, 0.15) is 5.82 Å². The first-order valence-corrected chi connectivity index (χ1v) is 6.95. The van der Waals surface area contributed by atoms with Crippen LogP contribution in [0.15, 0.2) is 18.2 Å². The Kier molecular flexibility index (Phi) is 4.28. The Morgan fingerprint density at radius 1 is 1.50 bits per heavy atom. The SMILES string of the molecule is CC1CCC(O)(CNC(=O)c2ccc(N)cc2F)CC1. The summed E-state index contributed by atoms with van der Waals surface area (Å²) in [5.41, 5.74) is 4.80. The first-order valence-electron chi connectivity index (χ1n) is 6.95. The monoisotopic (exact) mass is 280 g/mol. The normalized spacial score (nSPS) is 26.2. The Morgan fingerprint density at radius 2 is 2.15 bits per heavy atom. The zero-order valence-electron chi connectivity index (χ0n) is 11.7. The predicted octanol–water partition coefficient (Wildman–Crippen LogP) is 2.08. The first kappa shape index (κ1) is 14.8. The number of hydrogen-bond donors (Lipinski definition) is 3. The number of anilines is 1. The molecular formula is C15H21FN2O2. The van der Waals surface area contributed by atoms with E-state index < -0.39 is 17.3 Å². The van der Waals surface area contributed by atoms with Crippen molar-refractivity contribution in [3.63, 3.8) is 0 Å². The lowest BCUT2D eigenvalue weighted by Gasteiger charge is -2.34. The molecule has 1 aromatic rings. The van der Waals surface area contributed by atoms with Crippen molar-refractivity contribution < 1.29 is 14.3 Å². The van der Waals surface area contributed by atoms with E-state index in [1.165, 1.54) is 12.1 Å². The van der Waals surface area contributed by atoms with Gasteiger partial charge in [-0.1, -0.05) is 6.92 Å². The van der Waals surface area contributed by atoms with Gasteiger partial charge in [0.15, 0.2) is 0 Å². The van der Waals surface area contributed by atoms with E-state index in [4.69, 9.17) is 5.73 Å². The lowest BCUT2D eigenvalue weighted by atomic mass is 9.79. The summed E-state index contributed by atoms with van der Waals surface area (Å²) in [4.78, 5) is 11.9. The Hall–Kier alpha value is -1.62. The van der Waals surface area contributed by atoms with Gasteiger partial charge in [-0.25, -0.2) is 4.39 Å². The number of aliphatic hydroxyl groups is 1. The molecule has 0 atom stereocenters. The van der Waals surface area contributed by atoms with Crippen molar-refractivity contribution >= 4 is 11.6 Å². The molecule has 20 heavy (non-hydrogen) atoms. The molecular weight excluding hydrogens is 259 g/mol. The van der Waals surface area contributed by atoms with Gasteiger partial charge in [0.2, 0.25) is 0 Å². The highest BCUT2D eigenvalue weighted by molar-refractivity contribution is 5.94. The second kappa shape index (κ2) is 5.79. The lowest BCUT2D eigenvalue weighted by molar-refractivity contribution is -0.00543. The molecule has 0 heterocycles. The fraction of sp³-hybridized carbons (Fsp3) is 0.533. The molecule has 0 radical (unpaired) electrons. The predicted molar refractivity (Wildman–Crippen MR) is 75.7 cm³/mol. The summed E-state index contributed by atoms with van der Waals surface area (Å²) in [6, 6.07) is 3.95. The van der Waals surface area contributed by atoms with Crippen molar-refractivity contribution in [1.82, 2.24) is 5.32 Å². The smallest absolute Gasteiger partial charge is 0.254 e. The molecule has 5 heteroatoms. The van der Waals surface area contributed by atoms with Crippen molar-refractivity contribution in [1.29, 1.82) is 0 Å². The van der Waals surface area contributed by atoms with Crippen molar-refractivity contribution in [2.24, 2.45) is 5.92 Å². The number of rotatable bonds is 3. The number of benzene rings is 1. The van der Waals surface area contributed by atoms with Crippen LogP contribution in [0, 0.1) is 11.7 Å². The summed E-state index contributed by atoms with van der Waals surface area (Å²) in [7, 11) is 0. The maximum absolute atomic E-state index is 13.6. The molecule has 1 saturated carbocycles. The summed E-state index contributed by atoms with van der Waals surface area (Å²) in [6.07, 6.45) is 3.22. The van der Waals surface area contributed by atoms with Crippen LogP contribution < -0.4 is 11.1 Å². The van der Waals surface area contributed by atoms with E-state index in [-0.39, 0.29) is 17.8 Å². The molecule has 110 valence electrons. The van der Waals surface area contributed by atoms with Crippen LogP contribution in [-0.4, -0.2) is 23.2 Å². The summed E-state index contributed by atoms with van der Waals surface area (Å²) in [5.74, 6) is -0.554. The zero-order chi connectivity index (χ0) is 14.8. The fourth-order valence-electron chi connectivity index (χ4n) is 2.53. The van der Waals surface area contributed by atoms with E-state index in [2.05, 4.69) is 12.2 Å². The average Bonchev–Trinajstić information content (AvgIpc) is 2.40. The molecule has 0 aromatic heterocycles. The number of carbonyl (C=O) groups is 1. The van der Waals surface area contributed by atoms with Gasteiger partial charge in [-0.3, -0.25) is 4.79 Å². The van der Waals surface area contributed by atoms with Crippen LogP contribution in [-0.2, 0) is 0 Å². The Morgan fingerprint density at radius 3 is 2.75 bits per heavy atom. The van der Waals surface area contributed by atoms with E-state index >= 15 is 0 Å². The molecule has 0 spiro atoms. The summed E-state index contributed by atoms with van der Waals surface area (Å²) >= 11 is 0. The van der Waals surface area contributed by atoms with Crippen LogP contribution in [0.3, 0.4) is 0 Å². The standard InChI is InChI=1S/C15H21FN2O2/c1-10-4-6-15(20,7-5-10)9-18-14(19)12-3-2-11(17)8-13(12)16/h2-3,8,10,20H,4-7,9,17H2,1H3,(H,18,19). The minimum atomic E-state index is -0.869. The molecule has 0 saturated heterocycles. The van der Waals surface area contributed by atoms with Gasteiger partial charge in [0.05, 0.1) is 11.2 Å². The Labute approximate surface area is 118 Å². The van der Waals surface area contributed by atoms with E-state index in [0.29, 0.717) is 18.8 Å². The van der Waals surface area contributed by atoms with Crippen LogP contribution in [0.5, 0.6) is 0 Å². The third kappa shape index (κ3) is 3.48. The number of amides is 1. The molecule has 2 rings (SSSR count). The fourth-order valence-corrected chi connectivity index (χ4v) is 2.53. The first-order chi connectivity index (χ1) is 9.39. The molecule has 4 N–H and O–H groups in total. The van der Waals surface area contributed by atoms with Crippen molar-refractivity contribution in [2.45, 2.75) is 38.2 Å². The Bertz CT molecular complexity index is 497. The van der Waals surface area contributed by atoms with Crippen LogP contribution in [0.2, 0.25) is 0 Å². The number of halogens is 1. The molecule has 0 unspecified atom stereocenters. The van der Waals surface area contributed by atoms with Crippen LogP contribution in [0.4, 0.5) is 10.1 Å². The zero-order valence-corrected chi connectivity index (χ0v) is 11.7. The Balaban J connectivity index is 1.95. The number of nitrogen functional groups attached to an aromatic ring is 1. The number of carbonyl (C=O) groups excluding carboxylic acids is 1. The highest BCUT2D eigenvalue weighted by atomic mass is 19.1. The molecule has 1 aliphatic rings. The van der Waals surface area contributed by atoms with Gasteiger partial charge >= 0.3 is 0 Å². The summed E-state index contributed by atoms with van der Waals surface area (Å²) in [5, 5.41) is 13.0. The molecule has 1 aromatic carbocycles. The van der Waals surface area contributed by atoms with Gasteiger partial charge in [-0.2, -0.15) is 0 Å². The van der Waals surface area contributed by atoms with Gasteiger partial charge < -0.3 is 16.2 Å². The molecule has 0 bridgehead atoms. The third-order valence-electron chi connectivity index (χ3n) is 4.02. The van der Waals surface area contributed by atoms with E-state index in [1.807, 2.05) is 0 Å². The van der Waals surface area contributed by atoms with Gasteiger partial charge in [-0.05, 0) is 49.8 Å². The van der Waals surface area contributed by atoms with Gasteiger partial charge in [0.25, 0.3) is 5.91 Å². The second-order valence-electron chi connectivity index (χ2n) is 5.83. The third-order valence-corrected chi connectivity index (χ3v) is 4.02. The molecule has 4 nitrogen and oxygen atoms in total. The molecule has 1 fully saturated rings. The van der Waals surface area contributed by atoms with Crippen molar-refractivity contribution in [3.8, 4) is 0 Å². The average molecular weight is 280 g/mol. The quantitative estimate of drug-likeness (QED) is 0.742. The van der Waals surface area contributed by atoms with Crippen molar-refractivity contribution in [2.75, 3.05) is 12.3 Å². The summed E-state index contributed by atoms with van der Waals surface area (Å²) < 4.78 is 13.6. The highest BCUT2D eigenvalue weighted by Gasteiger charge is 2.32. The maximum atomic E-state index is 13.6. The van der Waals surface area contributed by atoms with Gasteiger partial charge in [-0.15, -0.1) is 0 Å². The van der Waals surface area contributed by atoms with Crippen LogP contribution >= 0.6 is 0 Å². The minimum absolute atomic E-state index is 0.0491. The second-order valence-corrected chi connectivity index (χ2v) is 5.83. The minimum Gasteiger partial charge on any atom is -0.399 e. The van der Waals surface area contributed by atoms with Crippen LogP contribution in [0.1, 0.15) is 43.0 Å². The highest BCUT2D eigenvalue weighted by Crippen LogP contribution is 2.31. The van der Waals surface area contributed by atoms with E-state index in [0.717, 1.165) is 18.9 Å². The van der Waals surface area contributed by atoms with E-state index in [1.54, 1.807) is 0 Å². The maximum Gasteiger partial charge on any atom is 0.254 e. The summed E-state index contributed by atoms with van der Waals surface area (Å²) in [6.45, 7) is 2.31. The molecule has 0 aliphatic heterocycles. The number of hydrogen-bond acceptors (Lipinski definition) is 3. The van der Waals surface area contributed by atoms with Crippen molar-refractivity contribution in [3.05, 3.63) is 29.6 Å². The number of nitrogens with two attached hydrogens (primary N) is 1. The number of nitrogens with one attached hydrogen (secondary N) is 1.